The van der Waals surface area contributed by atoms with E-state index < -0.39 is 39.5 Å². The van der Waals surface area contributed by atoms with Gasteiger partial charge in [-0.15, -0.1) is 0 Å². The maximum Gasteiger partial charge on any atom is 0.333 e. The van der Waals surface area contributed by atoms with Gasteiger partial charge < -0.3 is 9.47 Å². The third-order valence-electron chi connectivity index (χ3n) is 3.52. The molecule has 0 N–H and O–H groups in total. The molecule has 3 atom stereocenters. The van der Waals surface area contributed by atoms with Crippen LogP contribution in [0, 0.1) is 0 Å². The highest BCUT2D eigenvalue weighted by atomic mass is 32.2. The van der Waals surface area contributed by atoms with Crippen molar-refractivity contribution >= 4 is 22.1 Å². The van der Waals surface area contributed by atoms with E-state index in [1.807, 2.05) is 0 Å². The molecule has 7 nitrogen and oxygen atoms in total. The van der Waals surface area contributed by atoms with Gasteiger partial charge in [0, 0.05) is 5.57 Å². The van der Waals surface area contributed by atoms with E-state index in [9.17, 15) is 18.0 Å². The van der Waals surface area contributed by atoms with Crippen LogP contribution in [0.3, 0.4) is 0 Å². The van der Waals surface area contributed by atoms with Crippen molar-refractivity contribution in [2.24, 2.45) is 0 Å². The molecule has 8 heteroatoms. The lowest BCUT2D eigenvalue weighted by atomic mass is 9.94. The van der Waals surface area contributed by atoms with Crippen LogP contribution in [0.2, 0.25) is 0 Å². The summed E-state index contributed by atoms with van der Waals surface area (Å²) in [5, 5.41) is -0.478. The van der Waals surface area contributed by atoms with Crippen LogP contribution >= 0.6 is 0 Å². The van der Waals surface area contributed by atoms with Crippen LogP contribution in [0.1, 0.15) is 32.6 Å². The molecule has 2 rings (SSSR count). The summed E-state index contributed by atoms with van der Waals surface area (Å²) in [4.78, 5) is 22.8. The number of hydrogen-bond acceptors (Lipinski definition) is 7. The molecule has 0 spiro atoms. The second kappa shape index (κ2) is 6.15. The van der Waals surface area contributed by atoms with Gasteiger partial charge in [0.15, 0.2) is 0 Å². The van der Waals surface area contributed by atoms with E-state index in [0.717, 1.165) is 0 Å². The number of carbonyl (C=O) groups excluding carboxylic acids is 2. The van der Waals surface area contributed by atoms with Crippen molar-refractivity contribution in [3.05, 3.63) is 12.2 Å². The van der Waals surface area contributed by atoms with Crippen LogP contribution in [-0.4, -0.2) is 44.4 Å². The third kappa shape index (κ3) is 3.82. The smallest absolute Gasteiger partial charge is 0.333 e. The molecule has 2 fully saturated rings. The number of fused-ring (bicyclic) bond motifs is 2. The van der Waals surface area contributed by atoms with Crippen molar-refractivity contribution < 1.29 is 31.7 Å². The van der Waals surface area contributed by atoms with Gasteiger partial charge in [0.05, 0.1) is 11.7 Å². The van der Waals surface area contributed by atoms with E-state index in [-0.39, 0.29) is 18.6 Å². The Morgan fingerprint density at radius 1 is 1.33 bits per heavy atom. The van der Waals surface area contributed by atoms with E-state index in [2.05, 4.69) is 6.58 Å². The lowest BCUT2D eigenvalue weighted by Gasteiger charge is -2.25. The minimum absolute atomic E-state index is 0.0849. The highest BCUT2D eigenvalue weighted by molar-refractivity contribution is 7.87. The fraction of sp³-hybridized carbons (Fsp3) is 0.692. The van der Waals surface area contributed by atoms with Crippen LogP contribution in [-0.2, 0) is 33.4 Å². The van der Waals surface area contributed by atoms with Gasteiger partial charge in [0.25, 0.3) is 10.1 Å². The molecule has 1 saturated carbocycles. The minimum Gasteiger partial charge on any atom is -0.462 e. The number of rotatable bonds is 5. The Hall–Kier alpha value is -1.41. The Labute approximate surface area is 123 Å². The number of ether oxygens (including phenoxy) is 2. The molecule has 1 aliphatic carbocycles. The second-order valence-electron chi connectivity index (χ2n) is 5.26. The molecule has 0 amide bonds. The average Bonchev–Trinajstić information content (AvgIpc) is 2.63. The minimum atomic E-state index is -3.50. The van der Waals surface area contributed by atoms with E-state index in [0.29, 0.717) is 19.3 Å². The Morgan fingerprint density at radius 3 is 2.71 bits per heavy atom. The SMILES string of the molecule is C=C(C)C(=O)OCCC(=O)OC1CCC2CC1OS2(=O)=O. The molecule has 2 bridgehead atoms. The monoisotopic (exact) mass is 318 g/mol. The lowest BCUT2D eigenvalue weighted by molar-refractivity contribution is -0.157. The Morgan fingerprint density at radius 2 is 2.05 bits per heavy atom. The van der Waals surface area contributed by atoms with Gasteiger partial charge in [0.1, 0.15) is 18.8 Å². The van der Waals surface area contributed by atoms with E-state index >= 15 is 0 Å². The topological polar surface area (TPSA) is 96.0 Å². The van der Waals surface area contributed by atoms with Crippen LogP contribution < -0.4 is 0 Å². The number of carbonyl (C=O) groups is 2. The first-order valence-corrected chi connectivity index (χ1v) is 8.21. The van der Waals surface area contributed by atoms with Crippen molar-refractivity contribution in [2.75, 3.05) is 6.61 Å². The first kappa shape index (κ1) is 16.0. The van der Waals surface area contributed by atoms with E-state index in [1.165, 1.54) is 6.92 Å². The summed E-state index contributed by atoms with van der Waals surface area (Å²) < 4.78 is 38.1. The largest absolute Gasteiger partial charge is 0.462 e. The summed E-state index contributed by atoms with van der Waals surface area (Å²) in [6.45, 7) is 4.84. The fourth-order valence-corrected chi connectivity index (χ4v) is 3.95. The van der Waals surface area contributed by atoms with Crippen molar-refractivity contribution in [3.8, 4) is 0 Å². The molecule has 1 heterocycles. The zero-order valence-corrected chi connectivity index (χ0v) is 12.6. The average molecular weight is 318 g/mol. The van der Waals surface area contributed by atoms with Gasteiger partial charge in [-0.3, -0.25) is 8.98 Å². The molecule has 1 saturated heterocycles. The van der Waals surface area contributed by atoms with Crippen LogP contribution in [0.25, 0.3) is 0 Å². The normalized spacial score (nSPS) is 29.7. The summed E-state index contributed by atoms with van der Waals surface area (Å²) in [5.74, 6) is -1.10. The molecule has 0 aromatic rings. The summed E-state index contributed by atoms with van der Waals surface area (Å²) in [5.41, 5.74) is 0.256. The zero-order valence-electron chi connectivity index (χ0n) is 11.7. The maximum atomic E-state index is 11.7. The van der Waals surface area contributed by atoms with Crippen LogP contribution in [0.15, 0.2) is 12.2 Å². The van der Waals surface area contributed by atoms with Gasteiger partial charge >= 0.3 is 11.9 Å². The first-order valence-electron chi connectivity index (χ1n) is 6.74. The Kier molecular flexibility index (Phi) is 4.67. The third-order valence-corrected chi connectivity index (χ3v) is 5.28. The van der Waals surface area contributed by atoms with Gasteiger partial charge in [0.2, 0.25) is 0 Å². The van der Waals surface area contributed by atoms with Gasteiger partial charge in [-0.25, -0.2) is 4.79 Å². The van der Waals surface area contributed by atoms with Crippen molar-refractivity contribution in [1.29, 1.82) is 0 Å². The van der Waals surface area contributed by atoms with E-state index in [4.69, 9.17) is 13.7 Å². The molecule has 0 aromatic heterocycles. The van der Waals surface area contributed by atoms with Crippen LogP contribution in [0.5, 0.6) is 0 Å². The van der Waals surface area contributed by atoms with Crippen molar-refractivity contribution in [3.63, 3.8) is 0 Å². The molecule has 2 aliphatic rings. The first-order chi connectivity index (χ1) is 9.79. The predicted molar refractivity (Wildman–Crippen MR) is 71.7 cm³/mol. The molecule has 118 valence electrons. The highest BCUT2D eigenvalue weighted by Crippen LogP contribution is 2.37. The zero-order chi connectivity index (χ0) is 15.6. The molecule has 1 aliphatic heterocycles. The molecule has 0 radical (unpaired) electrons. The van der Waals surface area contributed by atoms with Crippen molar-refractivity contribution in [2.45, 2.75) is 50.1 Å². The van der Waals surface area contributed by atoms with E-state index in [1.54, 1.807) is 0 Å². The Bertz CT molecular complexity index is 551. The molecule has 21 heavy (non-hydrogen) atoms. The second-order valence-corrected chi connectivity index (χ2v) is 7.10. The lowest BCUT2D eigenvalue weighted by Crippen LogP contribution is -2.34. The molecule has 3 unspecified atom stereocenters. The van der Waals surface area contributed by atoms with Gasteiger partial charge in [-0.2, -0.15) is 8.42 Å². The standard InChI is InChI=1S/C13H18O7S/c1-8(2)13(15)18-6-5-12(14)19-10-4-3-9-7-11(10)20-21(9,16)17/h9-11H,1,3-7H2,2H3. The summed E-state index contributed by atoms with van der Waals surface area (Å²) in [7, 11) is -3.50. The fourth-order valence-electron chi connectivity index (χ4n) is 2.39. The summed E-state index contributed by atoms with van der Waals surface area (Å²) >= 11 is 0. The summed E-state index contributed by atoms with van der Waals surface area (Å²) in [6.07, 6.45) is 0.0370. The van der Waals surface area contributed by atoms with Gasteiger partial charge in [-0.05, 0) is 26.2 Å². The number of hydrogen-bond donors (Lipinski definition) is 0. The van der Waals surface area contributed by atoms with Gasteiger partial charge in [-0.1, -0.05) is 6.58 Å². The number of esters is 2. The molecular weight excluding hydrogens is 300 g/mol. The maximum absolute atomic E-state index is 11.7. The molecule has 0 aromatic carbocycles. The predicted octanol–water partition coefficient (Wildman–Crippen LogP) is 0.689. The molecular formula is C13H18O7S. The Balaban J connectivity index is 1.76. The summed E-state index contributed by atoms with van der Waals surface area (Å²) in [6, 6.07) is 0. The van der Waals surface area contributed by atoms with Crippen LogP contribution in [0.4, 0.5) is 0 Å². The quantitative estimate of drug-likeness (QED) is 0.418. The van der Waals surface area contributed by atoms with Crippen molar-refractivity contribution in [1.82, 2.24) is 0 Å². The highest BCUT2D eigenvalue weighted by Gasteiger charge is 2.48.